The summed E-state index contributed by atoms with van der Waals surface area (Å²) in [6.45, 7) is 3.64. The van der Waals surface area contributed by atoms with E-state index in [9.17, 15) is 14.4 Å². The second-order valence-electron chi connectivity index (χ2n) is 7.61. The first-order valence-electron chi connectivity index (χ1n) is 9.77. The van der Waals surface area contributed by atoms with E-state index in [0.29, 0.717) is 18.5 Å². The molecule has 4 rings (SSSR count). The maximum Gasteiger partial charge on any atom is 0.325 e. The van der Waals surface area contributed by atoms with Crippen LogP contribution < -0.4 is 10.6 Å². The number of benzene rings is 1. The Morgan fingerprint density at radius 2 is 1.93 bits per heavy atom. The van der Waals surface area contributed by atoms with E-state index < -0.39 is 23.4 Å². The molecule has 1 aliphatic rings. The van der Waals surface area contributed by atoms with Crippen molar-refractivity contribution >= 4 is 23.5 Å². The Labute approximate surface area is 173 Å². The molecular weight excluding hydrogens is 382 g/mol. The fraction of sp³-hybridized carbons (Fsp3) is 0.273. The smallest absolute Gasteiger partial charge is 0.325 e. The molecule has 3 aromatic rings. The van der Waals surface area contributed by atoms with E-state index in [1.807, 2.05) is 66.2 Å². The number of hydrogen-bond donors (Lipinski definition) is 2. The van der Waals surface area contributed by atoms with Crippen LogP contribution in [0.2, 0.25) is 0 Å². The highest BCUT2D eigenvalue weighted by Crippen LogP contribution is 2.28. The molecule has 3 heterocycles. The molecule has 1 aliphatic heterocycles. The first-order chi connectivity index (χ1) is 14.4. The van der Waals surface area contributed by atoms with Crippen LogP contribution in [0.15, 0.2) is 54.9 Å². The molecule has 2 aromatic heterocycles. The Balaban J connectivity index is 1.35. The molecule has 8 nitrogen and oxygen atoms in total. The van der Waals surface area contributed by atoms with E-state index >= 15 is 0 Å². The molecule has 0 spiro atoms. The first kappa shape index (κ1) is 19.6. The average molecular weight is 405 g/mol. The molecule has 1 saturated heterocycles. The number of nitrogens with zero attached hydrogens (tertiary/aromatic N) is 3. The Morgan fingerprint density at radius 3 is 2.67 bits per heavy atom. The van der Waals surface area contributed by atoms with Crippen molar-refractivity contribution in [3.63, 3.8) is 0 Å². The van der Waals surface area contributed by atoms with E-state index in [-0.39, 0.29) is 6.54 Å². The molecule has 1 aromatic carbocycles. The normalized spacial score (nSPS) is 18.7. The topological polar surface area (TPSA) is 95.8 Å². The molecular formula is C22H23N5O3. The molecule has 154 valence electrons. The number of pyridine rings is 1. The molecule has 0 radical (unpaired) electrons. The van der Waals surface area contributed by atoms with Gasteiger partial charge in [-0.2, -0.15) is 0 Å². The molecule has 1 fully saturated rings. The monoisotopic (exact) mass is 405 g/mol. The number of urea groups is 1. The summed E-state index contributed by atoms with van der Waals surface area (Å²) < 4.78 is 1.91. The Hall–Kier alpha value is -3.68. The highest BCUT2D eigenvalue weighted by atomic mass is 16.2. The van der Waals surface area contributed by atoms with Gasteiger partial charge in [-0.3, -0.25) is 14.5 Å². The highest BCUT2D eigenvalue weighted by molar-refractivity contribution is 6.09. The Bertz CT molecular complexity index is 1090. The third-order valence-corrected chi connectivity index (χ3v) is 5.32. The summed E-state index contributed by atoms with van der Waals surface area (Å²) in [5.74, 6) is -0.831. The minimum absolute atomic E-state index is 0.322. The predicted octanol–water partition coefficient (Wildman–Crippen LogP) is 1.77. The zero-order valence-corrected chi connectivity index (χ0v) is 16.9. The van der Waals surface area contributed by atoms with Crippen LogP contribution in [0, 0.1) is 6.92 Å². The number of rotatable bonds is 6. The van der Waals surface area contributed by atoms with Crippen molar-refractivity contribution in [3.05, 3.63) is 71.7 Å². The lowest BCUT2D eigenvalue weighted by Gasteiger charge is -2.22. The second-order valence-corrected chi connectivity index (χ2v) is 7.61. The van der Waals surface area contributed by atoms with Crippen LogP contribution in [-0.4, -0.2) is 45.2 Å². The molecule has 0 saturated carbocycles. The number of aromatic nitrogens is 2. The largest absolute Gasteiger partial charge is 0.354 e. The van der Waals surface area contributed by atoms with Crippen LogP contribution in [0.25, 0.3) is 5.65 Å². The number of fused-ring (bicyclic) bond motifs is 1. The van der Waals surface area contributed by atoms with Gasteiger partial charge in [-0.1, -0.05) is 35.9 Å². The van der Waals surface area contributed by atoms with Crippen molar-refractivity contribution in [1.82, 2.24) is 24.9 Å². The third-order valence-electron chi connectivity index (χ3n) is 5.32. The summed E-state index contributed by atoms with van der Waals surface area (Å²) >= 11 is 0. The van der Waals surface area contributed by atoms with Crippen LogP contribution in [0.1, 0.15) is 23.7 Å². The fourth-order valence-electron chi connectivity index (χ4n) is 3.56. The molecule has 0 aliphatic carbocycles. The average Bonchev–Trinajstić information content (AvgIpc) is 3.23. The molecule has 2 N–H and O–H groups in total. The number of aryl methyl sites for hydroxylation is 1. The van der Waals surface area contributed by atoms with Crippen molar-refractivity contribution < 1.29 is 14.4 Å². The fourth-order valence-corrected chi connectivity index (χ4v) is 3.56. The number of hydrogen-bond acceptors (Lipinski definition) is 4. The Morgan fingerprint density at radius 1 is 1.17 bits per heavy atom. The third kappa shape index (κ3) is 3.63. The zero-order valence-electron chi connectivity index (χ0n) is 16.9. The van der Waals surface area contributed by atoms with Crippen molar-refractivity contribution in [2.24, 2.45) is 0 Å². The van der Waals surface area contributed by atoms with Crippen LogP contribution in [-0.2, 0) is 21.5 Å². The summed E-state index contributed by atoms with van der Waals surface area (Å²) in [7, 11) is 0. The van der Waals surface area contributed by atoms with E-state index in [4.69, 9.17) is 0 Å². The molecule has 0 bridgehead atoms. The van der Waals surface area contributed by atoms with Gasteiger partial charge in [0, 0.05) is 25.4 Å². The summed E-state index contributed by atoms with van der Waals surface area (Å²) in [6.07, 6.45) is 4.37. The van der Waals surface area contributed by atoms with Gasteiger partial charge in [0.2, 0.25) is 5.91 Å². The number of amides is 4. The van der Waals surface area contributed by atoms with Gasteiger partial charge in [0.1, 0.15) is 17.7 Å². The number of imide groups is 1. The van der Waals surface area contributed by atoms with Gasteiger partial charge < -0.3 is 15.0 Å². The number of imidazole rings is 1. The van der Waals surface area contributed by atoms with E-state index in [2.05, 4.69) is 15.6 Å². The maximum atomic E-state index is 12.9. The highest BCUT2D eigenvalue weighted by Gasteiger charge is 2.49. The zero-order chi connectivity index (χ0) is 21.3. The Kier molecular flexibility index (Phi) is 4.99. The minimum atomic E-state index is -1.18. The van der Waals surface area contributed by atoms with Gasteiger partial charge in [-0.15, -0.1) is 0 Å². The standard InChI is InChI=1S/C22H23N5O3/c1-15-6-8-16(9-7-15)22(2)20(29)27(21(30)25-22)14-19(28)23-11-10-17-13-26-12-4-3-5-18(26)24-17/h3-9,12-13H,10-11,14H2,1-2H3,(H,23,28)(H,25,30). The molecule has 30 heavy (non-hydrogen) atoms. The maximum absolute atomic E-state index is 12.9. The van der Waals surface area contributed by atoms with Gasteiger partial charge in [-0.05, 0) is 31.5 Å². The summed E-state index contributed by atoms with van der Waals surface area (Å²) in [5.41, 5.74) is 2.25. The van der Waals surface area contributed by atoms with E-state index in [0.717, 1.165) is 21.8 Å². The SMILES string of the molecule is Cc1ccc(C2(C)NC(=O)N(CC(=O)NCCc3cn4ccccc4n3)C2=O)cc1. The van der Waals surface area contributed by atoms with Crippen LogP contribution in [0.5, 0.6) is 0 Å². The second kappa shape index (κ2) is 7.62. The number of nitrogens with one attached hydrogen (secondary N) is 2. The van der Waals surface area contributed by atoms with E-state index in [1.165, 1.54) is 0 Å². The van der Waals surface area contributed by atoms with E-state index in [1.54, 1.807) is 6.92 Å². The molecule has 4 amide bonds. The van der Waals surface area contributed by atoms with Gasteiger partial charge >= 0.3 is 6.03 Å². The minimum Gasteiger partial charge on any atom is -0.354 e. The van der Waals surface area contributed by atoms with Crippen LogP contribution >= 0.6 is 0 Å². The van der Waals surface area contributed by atoms with Gasteiger partial charge in [-0.25, -0.2) is 9.78 Å². The van der Waals surface area contributed by atoms with Crippen molar-refractivity contribution in [1.29, 1.82) is 0 Å². The first-order valence-corrected chi connectivity index (χ1v) is 9.77. The lowest BCUT2D eigenvalue weighted by Crippen LogP contribution is -2.43. The lowest BCUT2D eigenvalue weighted by molar-refractivity contribution is -0.134. The van der Waals surface area contributed by atoms with Crippen LogP contribution in [0.4, 0.5) is 4.79 Å². The van der Waals surface area contributed by atoms with Gasteiger partial charge in [0.05, 0.1) is 5.69 Å². The number of carbonyl (C=O) groups is 3. The molecule has 1 unspecified atom stereocenters. The quantitative estimate of drug-likeness (QED) is 0.611. The van der Waals surface area contributed by atoms with Crippen molar-refractivity contribution in [2.75, 3.05) is 13.1 Å². The van der Waals surface area contributed by atoms with Crippen molar-refractivity contribution in [2.45, 2.75) is 25.8 Å². The van der Waals surface area contributed by atoms with Crippen molar-refractivity contribution in [3.8, 4) is 0 Å². The van der Waals surface area contributed by atoms with Crippen LogP contribution in [0.3, 0.4) is 0 Å². The molecule has 1 atom stereocenters. The summed E-state index contributed by atoms with van der Waals surface area (Å²) in [5, 5.41) is 5.47. The van der Waals surface area contributed by atoms with Gasteiger partial charge in [0.15, 0.2) is 0 Å². The number of carbonyl (C=O) groups excluding carboxylic acids is 3. The molecule has 8 heteroatoms. The summed E-state index contributed by atoms with van der Waals surface area (Å²) in [4.78, 5) is 43.0. The van der Waals surface area contributed by atoms with Gasteiger partial charge in [0.25, 0.3) is 5.91 Å². The predicted molar refractivity (Wildman–Crippen MR) is 111 cm³/mol. The lowest BCUT2D eigenvalue weighted by atomic mass is 9.91. The summed E-state index contributed by atoms with van der Waals surface area (Å²) in [6, 6.07) is 12.6.